The second-order valence-electron chi connectivity index (χ2n) is 4.79. The summed E-state index contributed by atoms with van der Waals surface area (Å²) >= 11 is 0. The monoisotopic (exact) mass is 283 g/mol. The summed E-state index contributed by atoms with van der Waals surface area (Å²) < 4.78 is 0. The SMILES string of the molecule is CC(=O)Nc1cccc(C(=O)Nc2ccc(N)c(C)c2)c1. The fraction of sp³-hybridized carbons (Fsp3) is 0.125. The second kappa shape index (κ2) is 6.09. The van der Waals surface area contributed by atoms with Crippen molar-refractivity contribution in [1.82, 2.24) is 0 Å². The van der Waals surface area contributed by atoms with Crippen molar-refractivity contribution in [2.24, 2.45) is 0 Å². The van der Waals surface area contributed by atoms with Crippen molar-refractivity contribution in [3.8, 4) is 0 Å². The molecule has 0 unspecified atom stereocenters. The highest BCUT2D eigenvalue weighted by Crippen LogP contribution is 2.18. The molecule has 2 amide bonds. The van der Waals surface area contributed by atoms with Crippen LogP contribution in [0.3, 0.4) is 0 Å². The van der Waals surface area contributed by atoms with Gasteiger partial charge in [-0.2, -0.15) is 0 Å². The summed E-state index contributed by atoms with van der Waals surface area (Å²) in [5, 5.41) is 5.44. The summed E-state index contributed by atoms with van der Waals surface area (Å²) in [6.07, 6.45) is 0. The molecular formula is C16H17N3O2. The highest BCUT2D eigenvalue weighted by molar-refractivity contribution is 6.05. The minimum absolute atomic E-state index is 0.179. The molecular weight excluding hydrogens is 266 g/mol. The quantitative estimate of drug-likeness (QED) is 0.757. The van der Waals surface area contributed by atoms with Crippen LogP contribution >= 0.6 is 0 Å². The lowest BCUT2D eigenvalue weighted by Crippen LogP contribution is -2.13. The van der Waals surface area contributed by atoms with E-state index in [1.165, 1.54) is 6.92 Å². The molecule has 0 atom stereocenters. The van der Waals surface area contributed by atoms with Crippen LogP contribution < -0.4 is 16.4 Å². The molecule has 2 aromatic carbocycles. The van der Waals surface area contributed by atoms with Gasteiger partial charge in [-0.15, -0.1) is 0 Å². The molecule has 0 aliphatic heterocycles. The number of benzene rings is 2. The van der Waals surface area contributed by atoms with Gasteiger partial charge >= 0.3 is 0 Å². The molecule has 108 valence electrons. The Morgan fingerprint density at radius 3 is 2.38 bits per heavy atom. The molecule has 0 heterocycles. The third-order valence-electron chi connectivity index (χ3n) is 2.97. The van der Waals surface area contributed by atoms with Crippen molar-refractivity contribution in [1.29, 1.82) is 0 Å². The number of anilines is 3. The van der Waals surface area contributed by atoms with E-state index in [1.807, 2.05) is 13.0 Å². The van der Waals surface area contributed by atoms with Crippen LogP contribution in [0.1, 0.15) is 22.8 Å². The molecule has 21 heavy (non-hydrogen) atoms. The van der Waals surface area contributed by atoms with Crippen molar-refractivity contribution in [3.05, 3.63) is 53.6 Å². The van der Waals surface area contributed by atoms with E-state index in [2.05, 4.69) is 10.6 Å². The minimum Gasteiger partial charge on any atom is -0.399 e. The van der Waals surface area contributed by atoms with Gasteiger partial charge in [-0.25, -0.2) is 0 Å². The first-order valence-electron chi connectivity index (χ1n) is 6.51. The average Bonchev–Trinajstić information content (AvgIpc) is 2.42. The van der Waals surface area contributed by atoms with Crippen LogP contribution in [0.5, 0.6) is 0 Å². The molecule has 2 rings (SSSR count). The Morgan fingerprint density at radius 1 is 1.00 bits per heavy atom. The molecule has 0 radical (unpaired) electrons. The number of hydrogen-bond donors (Lipinski definition) is 3. The third kappa shape index (κ3) is 3.82. The standard InChI is InChI=1S/C16H17N3O2/c1-10-8-14(6-7-15(10)17)19-16(21)12-4-3-5-13(9-12)18-11(2)20/h3-9H,17H2,1-2H3,(H,18,20)(H,19,21). The fourth-order valence-electron chi connectivity index (χ4n) is 1.90. The predicted octanol–water partition coefficient (Wildman–Crippen LogP) is 2.79. The van der Waals surface area contributed by atoms with Crippen LogP contribution in [0.4, 0.5) is 17.1 Å². The molecule has 5 nitrogen and oxygen atoms in total. The maximum Gasteiger partial charge on any atom is 0.255 e. The number of nitrogens with one attached hydrogen (secondary N) is 2. The normalized spacial score (nSPS) is 10.0. The maximum atomic E-state index is 12.2. The summed E-state index contributed by atoms with van der Waals surface area (Å²) in [6.45, 7) is 3.30. The van der Waals surface area contributed by atoms with Gasteiger partial charge in [0.1, 0.15) is 0 Å². The van der Waals surface area contributed by atoms with Gasteiger partial charge in [0.05, 0.1) is 0 Å². The Balaban J connectivity index is 2.16. The van der Waals surface area contributed by atoms with Crippen LogP contribution in [0.15, 0.2) is 42.5 Å². The Labute approximate surface area is 123 Å². The van der Waals surface area contributed by atoms with Crippen molar-refractivity contribution in [2.75, 3.05) is 16.4 Å². The van der Waals surface area contributed by atoms with Gasteiger partial charge < -0.3 is 16.4 Å². The number of nitrogens with two attached hydrogens (primary N) is 1. The number of carbonyl (C=O) groups is 2. The summed E-state index contributed by atoms with van der Waals surface area (Å²) in [5.41, 5.74) is 9.06. The number of hydrogen-bond acceptors (Lipinski definition) is 3. The summed E-state index contributed by atoms with van der Waals surface area (Å²) in [6, 6.07) is 12.1. The number of carbonyl (C=O) groups excluding carboxylic acids is 2. The van der Waals surface area contributed by atoms with Gasteiger partial charge in [-0.3, -0.25) is 9.59 Å². The van der Waals surface area contributed by atoms with Crippen LogP contribution in [-0.4, -0.2) is 11.8 Å². The summed E-state index contributed by atoms with van der Waals surface area (Å²) in [7, 11) is 0. The molecule has 4 N–H and O–H groups in total. The maximum absolute atomic E-state index is 12.2. The van der Waals surface area contributed by atoms with Gasteiger partial charge in [0, 0.05) is 29.5 Å². The van der Waals surface area contributed by atoms with Crippen LogP contribution in [0.25, 0.3) is 0 Å². The topological polar surface area (TPSA) is 84.2 Å². The Morgan fingerprint density at radius 2 is 1.71 bits per heavy atom. The van der Waals surface area contributed by atoms with Gasteiger partial charge in [-0.1, -0.05) is 6.07 Å². The van der Waals surface area contributed by atoms with Gasteiger partial charge in [0.2, 0.25) is 5.91 Å². The lowest BCUT2D eigenvalue weighted by molar-refractivity contribution is -0.114. The average molecular weight is 283 g/mol. The number of rotatable bonds is 3. The highest BCUT2D eigenvalue weighted by Gasteiger charge is 2.08. The lowest BCUT2D eigenvalue weighted by Gasteiger charge is -2.09. The fourth-order valence-corrected chi connectivity index (χ4v) is 1.90. The van der Waals surface area contributed by atoms with Gasteiger partial charge in [0.25, 0.3) is 5.91 Å². The van der Waals surface area contributed by atoms with Crippen molar-refractivity contribution in [2.45, 2.75) is 13.8 Å². The van der Waals surface area contributed by atoms with Crippen LogP contribution in [0, 0.1) is 6.92 Å². The molecule has 0 aliphatic carbocycles. The van der Waals surface area contributed by atoms with E-state index in [-0.39, 0.29) is 11.8 Å². The predicted molar refractivity (Wildman–Crippen MR) is 84.3 cm³/mol. The van der Waals surface area contributed by atoms with Crippen molar-refractivity contribution >= 4 is 28.9 Å². The Kier molecular flexibility index (Phi) is 4.23. The zero-order valence-corrected chi connectivity index (χ0v) is 11.9. The van der Waals surface area contributed by atoms with Crippen LogP contribution in [-0.2, 0) is 4.79 Å². The zero-order valence-electron chi connectivity index (χ0n) is 11.9. The molecule has 0 saturated carbocycles. The minimum atomic E-state index is -0.244. The Bertz CT molecular complexity index is 696. The first kappa shape index (κ1) is 14.6. The summed E-state index contributed by atoms with van der Waals surface area (Å²) in [5.74, 6) is -0.423. The van der Waals surface area contributed by atoms with E-state index in [0.29, 0.717) is 22.6 Å². The lowest BCUT2D eigenvalue weighted by atomic mass is 10.1. The number of aryl methyl sites for hydroxylation is 1. The smallest absolute Gasteiger partial charge is 0.255 e. The highest BCUT2D eigenvalue weighted by atomic mass is 16.2. The van der Waals surface area contributed by atoms with E-state index in [1.54, 1.807) is 36.4 Å². The van der Waals surface area contributed by atoms with Gasteiger partial charge in [0.15, 0.2) is 0 Å². The van der Waals surface area contributed by atoms with E-state index < -0.39 is 0 Å². The van der Waals surface area contributed by atoms with E-state index >= 15 is 0 Å². The molecule has 0 aliphatic rings. The molecule has 0 aromatic heterocycles. The number of amides is 2. The van der Waals surface area contributed by atoms with Gasteiger partial charge in [-0.05, 0) is 48.9 Å². The van der Waals surface area contributed by atoms with E-state index in [9.17, 15) is 9.59 Å². The van der Waals surface area contributed by atoms with E-state index in [0.717, 1.165) is 5.56 Å². The largest absolute Gasteiger partial charge is 0.399 e. The van der Waals surface area contributed by atoms with E-state index in [4.69, 9.17) is 5.73 Å². The third-order valence-corrected chi connectivity index (χ3v) is 2.97. The van der Waals surface area contributed by atoms with Crippen molar-refractivity contribution in [3.63, 3.8) is 0 Å². The number of nitrogen functional groups attached to an aromatic ring is 1. The zero-order chi connectivity index (χ0) is 15.4. The Hall–Kier alpha value is -2.82. The molecule has 5 heteroatoms. The first-order valence-corrected chi connectivity index (χ1v) is 6.51. The molecule has 0 spiro atoms. The molecule has 2 aromatic rings. The molecule has 0 bridgehead atoms. The molecule has 0 fully saturated rings. The van der Waals surface area contributed by atoms with Crippen molar-refractivity contribution < 1.29 is 9.59 Å². The van der Waals surface area contributed by atoms with Crippen LogP contribution in [0.2, 0.25) is 0 Å². The molecule has 0 saturated heterocycles. The first-order chi connectivity index (χ1) is 9.95. The second-order valence-corrected chi connectivity index (χ2v) is 4.79. The summed E-state index contributed by atoms with van der Waals surface area (Å²) in [4.78, 5) is 23.2.